The molecule has 8 N–H and O–H groups in total. The Labute approximate surface area is 413 Å². The smallest absolute Gasteiger partial charge is 0.233 e. The number of nitrogens with zero attached hydrogens (tertiary/aromatic N) is 6. The zero-order valence-electron chi connectivity index (χ0n) is 42.0. The second-order valence-corrected chi connectivity index (χ2v) is 17.7. The first-order chi connectivity index (χ1) is 34.2. The van der Waals surface area contributed by atoms with E-state index in [0.717, 1.165) is 143 Å². The Morgan fingerprint density at radius 3 is 1.00 bits per heavy atom. The maximum absolute atomic E-state index is 6.81. The summed E-state index contributed by atoms with van der Waals surface area (Å²) in [5, 5.41) is 13.6. The minimum Gasteiger partial charge on any atom is -0.493 e. The van der Waals surface area contributed by atoms with E-state index >= 15 is 0 Å². The van der Waals surface area contributed by atoms with E-state index in [1.165, 1.54) is 0 Å². The summed E-state index contributed by atoms with van der Waals surface area (Å²) in [6.45, 7) is 16.4. The molecule has 7 rings (SSSR count). The fourth-order valence-corrected chi connectivity index (χ4v) is 8.46. The highest BCUT2D eigenvalue weighted by molar-refractivity contribution is 5.66. The topological polar surface area (TPSA) is 214 Å². The van der Waals surface area contributed by atoms with Gasteiger partial charge in [0.05, 0.1) is 26.4 Å². The third-order valence-corrected chi connectivity index (χ3v) is 11.6. The molecular formula is C54H72N12O4. The van der Waals surface area contributed by atoms with E-state index in [1.807, 2.05) is 0 Å². The molecule has 8 bridgehead atoms. The molecule has 6 aromatic rings. The Morgan fingerprint density at radius 2 is 0.700 bits per heavy atom. The maximum Gasteiger partial charge on any atom is 0.233 e. The molecule has 0 unspecified atom stereocenters. The molecule has 2 aromatic heterocycles. The Hall–Kier alpha value is -7.10. The highest BCUT2D eigenvalue weighted by Crippen LogP contribution is 2.41. The van der Waals surface area contributed by atoms with Crippen LogP contribution < -0.4 is 51.7 Å². The molecule has 1 aliphatic rings. The van der Waals surface area contributed by atoms with Crippen LogP contribution in [0, 0.1) is 0 Å². The van der Waals surface area contributed by atoms with Crippen molar-refractivity contribution < 1.29 is 18.9 Å². The Morgan fingerprint density at radius 1 is 0.400 bits per heavy atom. The van der Waals surface area contributed by atoms with Gasteiger partial charge in [-0.05, 0) is 85.0 Å². The largest absolute Gasteiger partial charge is 0.493 e. The van der Waals surface area contributed by atoms with Gasteiger partial charge in [0.1, 0.15) is 23.0 Å². The standard InChI is InChI=1S/C54H72N12O4/c1-7-13-21-57-51-61-49(55)63-53(65-51)59-43-31-39-27-35-17-15-19-37(45(35)67-23-9-3)29-41-33-44(60-54-64-50(56)62-52(66-54)58-22-14-8-2)34-42(48(41)70-26-12-6)30-38-20-16-18-36(46(38)68-24-10-4)28-40(32-43)47(39)69-25-11-5/h15-20,31-34H,7-14,21-30H2,1-6H3,(H4,55,57,59,61,63,65)(H4,56,58,60,62,64,66). The molecule has 16 heteroatoms. The molecule has 0 amide bonds. The zero-order valence-corrected chi connectivity index (χ0v) is 42.0. The predicted octanol–water partition coefficient (Wildman–Crippen LogP) is 11.0. The van der Waals surface area contributed by atoms with Crippen molar-refractivity contribution in [1.82, 2.24) is 29.9 Å². The SMILES string of the molecule is CCCCNc1nc(N)nc(Nc2cc3c(OCCC)c(c2)Cc2cccc(c2OCCC)Cc2cc(Nc4nc(N)nc(NCCCC)n4)cc(c2OCCC)Cc2cccc(c2OCCC)C3)n1. The quantitative estimate of drug-likeness (QED) is 0.0311. The van der Waals surface area contributed by atoms with E-state index < -0.39 is 0 Å². The van der Waals surface area contributed by atoms with Gasteiger partial charge in [0.25, 0.3) is 0 Å². The number of rotatable bonds is 24. The Bertz CT molecular complexity index is 2390. The Balaban J connectivity index is 1.43. The molecule has 0 radical (unpaired) electrons. The highest BCUT2D eigenvalue weighted by atomic mass is 16.5. The molecule has 0 saturated carbocycles. The van der Waals surface area contributed by atoms with Crippen LogP contribution in [0.1, 0.15) is 137 Å². The van der Waals surface area contributed by atoms with Gasteiger partial charge in [0, 0.05) is 72.4 Å². The number of fused-ring (bicyclic) bond motifs is 8. The fraction of sp³-hybridized carbons (Fsp3) is 0.444. The summed E-state index contributed by atoms with van der Waals surface area (Å²) in [6, 6.07) is 21.3. The molecule has 2 heterocycles. The maximum atomic E-state index is 6.81. The number of benzene rings is 4. The molecule has 0 spiro atoms. The van der Waals surface area contributed by atoms with Crippen molar-refractivity contribution in [1.29, 1.82) is 0 Å². The fourth-order valence-electron chi connectivity index (χ4n) is 8.46. The first-order valence-corrected chi connectivity index (χ1v) is 25.3. The van der Waals surface area contributed by atoms with E-state index in [0.29, 0.717) is 75.9 Å². The number of hydrogen-bond donors (Lipinski definition) is 6. The monoisotopic (exact) mass is 953 g/mol. The number of ether oxygens (including phenoxy) is 4. The van der Waals surface area contributed by atoms with Crippen LogP contribution in [0.5, 0.6) is 23.0 Å². The van der Waals surface area contributed by atoms with Crippen molar-refractivity contribution in [2.45, 2.75) is 119 Å². The molecule has 0 atom stereocenters. The third kappa shape index (κ3) is 13.6. The first-order valence-electron chi connectivity index (χ1n) is 25.3. The molecule has 1 aliphatic carbocycles. The number of anilines is 8. The average molecular weight is 953 g/mol. The number of nitrogen functional groups attached to an aromatic ring is 2. The molecule has 372 valence electrons. The summed E-state index contributed by atoms with van der Waals surface area (Å²) in [7, 11) is 0. The van der Waals surface area contributed by atoms with Gasteiger partial charge >= 0.3 is 0 Å². The summed E-state index contributed by atoms with van der Waals surface area (Å²) in [4.78, 5) is 27.1. The normalized spacial score (nSPS) is 12.0. The molecular weight excluding hydrogens is 881 g/mol. The van der Waals surface area contributed by atoms with Crippen LogP contribution in [-0.4, -0.2) is 69.4 Å². The zero-order chi connectivity index (χ0) is 49.2. The number of para-hydroxylation sites is 2. The second-order valence-electron chi connectivity index (χ2n) is 17.7. The third-order valence-electron chi connectivity index (χ3n) is 11.6. The van der Waals surface area contributed by atoms with Crippen LogP contribution in [0.15, 0.2) is 60.7 Å². The van der Waals surface area contributed by atoms with Crippen LogP contribution in [0.4, 0.5) is 47.1 Å². The van der Waals surface area contributed by atoms with Crippen molar-refractivity contribution in [3.05, 3.63) is 105 Å². The predicted molar refractivity (Wildman–Crippen MR) is 282 cm³/mol. The van der Waals surface area contributed by atoms with Crippen LogP contribution in [0.2, 0.25) is 0 Å². The van der Waals surface area contributed by atoms with Crippen LogP contribution in [-0.2, 0) is 25.7 Å². The number of nitrogens with one attached hydrogen (secondary N) is 4. The van der Waals surface area contributed by atoms with E-state index in [2.05, 4.69) is 143 Å². The average Bonchev–Trinajstić information content (AvgIpc) is 3.33. The molecule has 16 nitrogen and oxygen atoms in total. The minimum atomic E-state index is 0.126. The molecule has 4 aromatic carbocycles. The van der Waals surface area contributed by atoms with Crippen molar-refractivity contribution >= 4 is 47.1 Å². The van der Waals surface area contributed by atoms with Crippen molar-refractivity contribution in [3.8, 4) is 23.0 Å². The highest BCUT2D eigenvalue weighted by Gasteiger charge is 2.24. The summed E-state index contributed by atoms with van der Waals surface area (Å²) >= 11 is 0. The second kappa shape index (κ2) is 25.5. The van der Waals surface area contributed by atoms with Gasteiger partial charge in [-0.15, -0.1) is 0 Å². The Kier molecular flexibility index (Phi) is 18.5. The molecule has 0 fully saturated rings. The van der Waals surface area contributed by atoms with Gasteiger partial charge in [-0.3, -0.25) is 0 Å². The number of hydrogen-bond acceptors (Lipinski definition) is 16. The molecule has 0 aliphatic heterocycles. The number of nitrogens with two attached hydrogens (primary N) is 2. The van der Waals surface area contributed by atoms with Gasteiger partial charge in [-0.2, -0.15) is 29.9 Å². The number of aromatic nitrogens is 6. The lowest BCUT2D eigenvalue weighted by Gasteiger charge is -2.24. The van der Waals surface area contributed by atoms with E-state index in [4.69, 9.17) is 40.4 Å². The minimum absolute atomic E-state index is 0.126. The lowest BCUT2D eigenvalue weighted by atomic mass is 9.90. The molecule has 0 saturated heterocycles. The first kappa shape index (κ1) is 50.8. The lowest BCUT2D eigenvalue weighted by Crippen LogP contribution is -2.12. The van der Waals surface area contributed by atoms with E-state index in [-0.39, 0.29) is 11.9 Å². The van der Waals surface area contributed by atoms with Gasteiger partial charge in [0.15, 0.2) is 0 Å². The lowest BCUT2D eigenvalue weighted by molar-refractivity contribution is 0.304. The van der Waals surface area contributed by atoms with E-state index in [1.54, 1.807) is 0 Å². The van der Waals surface area contributed by atoms with Crippen LogP contribution >= 0.6 is 0 Å². The van der Waals surface area contributed by atoms with Crippen LogP contribution in [0.25, 0.3) is 0 Å². The van der Waals surface area contributed by atoms with Gasteiger partial charge in [0.2, 0.25) is 35.7 Å². The summed E-state index contributed by atoms with van der Waals surface area (Å²) in [5.41, 5.74) is 22.1. The van der Waals surface area contributed by atoms with Gasteiger partial charge in [-0.25, -0.2) is 0 Å². The van der Waals surface area contributed by atoms with Crippen LogP contribution in [0.3, 0.4) is 0 Å². The van der Waals surface area contributed by atoms with Crippen molar-refractivity contribution in [2.75, 3.05) is 72.3 Å². The van der Waals surface area contributed by atoms with Gasteiger partial charge < -0.3 is 51.7 Å². The summed E-state index contributed by atoms with van der Waals surface area (Å²) in [6.07, 6.45) is 9.43. The summed E-state index contributed by atoms with van der Waals surface area (Å²) < 4.78 is 27.2. The van der Waals surface area contributed by atoms with Crippen molar-refractivity contribution in [3.63, 3.8) is 0 Å². The van der Waals surface area contributed by atoms with Crippen molar-refractivity contribution in [2.24, 2.45) is 0 Å². The molecule has 70 heavy (non-hydrogen) atoms. The van der Waals surface area contributed by atoms with Gasteiger partial charge in [-0.1, -0.05) is 90.8 Å². The number of unbranched alkanes of at least 4 members (excludes halogenated alkanes) is 2. The van der Waals surface area contributed by atoms with E-state index in [9.17, 15) is 0 Å². The summed E-state index contributed by atoms with van der Waals surface area (Å²) in [5.74, 6) is 5.11.